The van der Waals surface area contributed by atoms with Crippen molar-refractivity contribution in [3.8, 4) is 11.5 Å². The fraction of sp³-hybridized carbons (Fsp3) is 0.200. The van der Waals surface area contributed by atoms with Gasteiger partial charge < -0.3 is 14.8 Å². The SMILES string of the molecule is COc1ccc(OC)c(NC(=O)Cc2csc(SCc3ccc(Br)cc3)n2)c1. The van der Waals surface area contributed by atoms with Crippen LogP contribution in [0, 0.1) is 0 Å². The molecule has 0 saturated heterocycles. The zero-order valence-electron chi connectivity index (χ0n) is 15.4. The van der Waals surface area contributed by atoms with Gasteiger partial charge in [-0.25, -0.2) is 4.98 Å². The predicted octanol–water partition coefficient (Wildman–Crippen LogP) is 5.40. The number of methoxy groups -OCH3 is 2. The number of rotatable bonds is 8. The molecule has 0 saturated carbocycles. The van der Waals surface area contributed by atoms with Crippen molar-refractivity contribution in [2.75, 3.05) is 19.5 Å². The Balaban J connectivity index is 1.57. The molecule has 1 N–H and O–H groups in total. The first-order chi connectivity index (χ1) is 13.6. The number of carbonyl (C=O) groups excluding carboxylic acids is 1. The summed E-state index contributed by atoms with van der Waals surface area (Å²) in [6.45, 7) is 0. The summed E-state index contributed by atoms with van der Waals surface area (Å²) in [5.74, 6) is 1.92. The molecule has 0 radical (unpaired) electrons. The Morgan fingerprint density at radius 2 is 1.96 bits per heavy atom. The van der Waals surface area contributed by atoms with Gasteiger partial charge in [-0.1, -0.05) is 39.8 Å². The molecule has 5 nitrogen and oxygen atoms in total. The molecule has 8 heteroatoms. The van der Waals surface area contributed by atoms with Crippen LogP contribution in [-0.2, 0) is 17.0 Å². The van der Waals surface area contributed by atoms with Crippen LogP contribution >= 0.6 is 39.0 Å². The Morgan fingerprint density at radius 1 is 1.18 bits per heavy atom. The second-order valence-electron chi connectivity index (χ2n) is 5.81. The number of hydrogen-bond donors (Lipinski definition) is 1. The van der Waals surface area contributed by atoms with Gasteiger partial charge in [0.05, 0.1) is 32.0 Å². The molecule has 1 heterocycles. The third-order valence-corrected chi connectivity index (χ3v) is 6.50. The van der Waals surface area contributed by atoms with E-state index in [0.29, 0.717) is 17.2 Å². The smallest absolute Gasteiger partial charge is 0.230 e. The van der Waals surface area contributed by atoms with Gasteiger partial charge in [0, 0.05) is 21.7 Å². The number of amides is 1. The van der Waals surface area contributed by atoms with Crippen LogP contribution in [0.4, 0.5) is 5.69 Å². The van der Waals surface area contributed by atoms with Crippen molar-refractivity contribution in [2.24, 2.45) is 0 Å². The highest BCUT2D eigenvalue weighted by molar-refractivity contribution is 9.10. The molecule has 1 aromatic heterocycles. The van der Waals surface area contributed by atoms with Crippen LogP contribution in [0.1, 0.15) is 11.3 Å². The lowest BCUT2D eigenvalue weighted by atomic mass is 10.2. The van der Waals surface area contributed by atoms with Gasteiger partial charge in [-0.15, -0.1) is 11.3 Å². The zero-order chi connectivity index (χ0) is 19.9. The van der Waals surface area contributed by atoms with Crippen LogP contribution in [0.15, 0.2) is 56.7 Å². The minimum absolute atomic E-state index is 0.152. The van der Waals surface area contributed by atoms with Gasteiger partial charge in [-0.05, 0) is 29.8 Å². The van der Waals surface area contributed by atoms with Crippen molar-refractivity contribution >= 4 is 50.6 Å². The lowest BCUT2D eigenvalue weighted by Gasteiger charge is -2.11. The first-order valence-corrected chi connectivity index (χ1v) is 11.1. The van der Waals surface area contributed by atoms with E-state index in [9.17, 15) is 4.79 Å². The summed E-state index contributed by atoms with van der Waals surface area (Å²) in [5.41, 5.74) is 2.56. The topological polar surface area (TPSA) is 60.5 Å². The molecule has 2 aromatic carbocycles. The van der Waals surface area contributed by atoms with Crippen molar-refractivity contribution in [1.82, 2.24) is 4.98 Å². The molecule has 0 unspecified atom stereocenters. The first kappa shape index (κ1) is 20.7. The lowest BCUT2D eigenvalue weighted by molar-refractivity contribution is -0.115. The molecule has 28 heavy (non-hydrogen) atoms. The minimum Gasteiger partial charge on any atom is -0.497 e. The molecular formula is C20H19BrN2O3S2. The van der Waals surface area contributed by atoms with Gasteiger partial charge in [-0.2, -0.15) is 0 Å². The summed E-state index contributed by atoms with van der Waals surface area (Å²) in [7, 11) is 3.14. The average molecular weight is 479 g/mol. The van der Waals surface area contributed by atoms with E-state index in [4.69, 9.17) is 9.47 Å². The normalized spacial score (nSPS) is 10.5. The maximum Gasteiger partial charge on any atom is 0.230 e. The molecule has 3 aromatic rings. The fourth-order valence-corrected chi connectivity index (χ4v) is 4.50. The van der Waals surface area contributed by atoms with Gasteiger partial charge in [0.2, 0.25) is 5.91 Å². The molecule has 0 spiro atoms. The molecule has 0 aliphatic rings. The van der Waals surface area contributed by atoms with Gasteiger partial charge >= 0.3 is 0 Å². The number of nitrogens with zero attached hydrogens (tertiary/aromatic N) is 1. The highest BCUT2D eigenvalue weighted by Crippen LogP contribution is 2.30. The molecule has 0 aliphatic heterocycles. The van der Waals surface area contributed by atoms with E-state index in [-0.39, 0.29) is 12.3 Å². The van der Waals surface area contributed by atoms with Crippen LogP contribution < -0.4 is 14.8 Å². The van der Waals surface area contributed by atoms with Crippen LogP contribution in [0.25, 0.3) is 0 Å². The molecule has 146 valence electrons. The van der Waals surface area contributed by atoms with Crippen molar-refractivity contribution in [1.29, 1.82) is 0 Å². The van der Waals surface area contributed by atoms with E-state index >= 15 is 0 Å². The highest BCUT2D eigenvalue weighted by atomic mass is 79.9. The maximum atomic E-state index is 12.4. The molecule has 0 atom stereocenters. The Morgan fingerprint density at radius 3 is 2.68 bits per heavy atom. The zero-order valence-corrected chi connectivity index (χ0v) is 18.6. The molecule has 1 amide bonds. The third-order valence-electron chi connectivity index (χ3n) is 3.83. The van der Waals surface area contributed by atoms with Crippen LogP contribution in [0.2, 0.25) is 0 Å². The Bertz CT molecular complexity index is 945. The van der Waals surface area contributed by atoms with Gasteiger partial charge in [0.15, 0.2) is 0 Å². The van der Waals surface area contributed by atoms with Crippen LogP contribution in [0.5, 0.6) is 11.5 Å². The summed E-state index contributed by atoms with van der Waals surface area (Å²) in [6, 6.07) is 13.5. The average Bonchev–Trinajstić information content (AvgIpc) is 3.14. The van der Waals surface area contributed by atoms with Crippen LogP contribution in [-0.4, -0.2) is 25.1 Å². The number of hydrogen-bond acceptors (Lipinski definition) is 6. The van der Waals surface area contributed by atoms with Gasteiger partial charge in [0.1, 0.15) is 15.8 Å². The summed E-state index contributed by atoms with van der Waals surface area (Å²) in [5, 5.41) is 4.79. The van der Waals surface area contributed by atoms with Crippen molar-refractivity contribution < 1.29 is 14.3 Å². The maximum absolute atomic E-state index is 12.4. The summed E-state index contributed by atoms with van der Waals surface area (Å²) in [4.78, 5) is 17.0. The number of benzene rings is 2. The lowest BCUT2D eigenvalue weighted by Crippen LogP contribution is -2.15. The van der Waals surface area contributed by atoms with E-state index in [2.05, 4.69) is 38.4 Å². The molecule has 0 fully saturated rings. The summed E-state index contributed by atoms with van der Waals surface area (Å²) >= 11 is 6.66. The number of carbonyl (C=O) groups is 1. The van der Waals surface area contributed by atoms with Gasteiger partial charge in [-0.3, -0.25) is 4.79 Å². The standard InChI is InChI=1S/C20H19BrN2O3S2/c1-25-16-7-8-18(26-2)17(10-16)23-19(24)9-15-12-28-20(22-15)27-11-13-3-5-14(21)6-4-13/h3-8,10,12H,9,11H2,1-2H3,(H,23,24). The number of anilines is 1. The van der Waals surface area contributed by atoms with Crippen LogP contribution in [0.3, 0.4) is 0 Å². The van der Waals surface area contributed by atoms with E-state index in [1.807, 2.05) is 17.5 Å². The number of nitrogens with one attached hydrogen (secondary N) is 1. The Hall–Kier alpha value is -2.03. The predicted molar refractivity (Wildman–Crippen MR) is 118 cm³/mol. The number of aromatic nitrogens is 1. The second-order valence-corrected chi connectivity index (χ2v) is 8.81. The number of thioether (sulfide) groups is 1. The number of ether oxygens (including phenoxy) is 2. The number of thiazole rings is 1. The third kappa shape index (κ3) is 5.73. The molecular weight excluding hydrogens is 460 g/mol. The van der Waals surface area contributed by atoms with E-state index in [1.165, 1.54) is 5.56 Å². The van der Waals surface area contributed by atoms with Crippen molar-refractivity contribution in [3.05, 3.63) is 63.6 Å². The molecule has 0 bridgehead atoms. The Kier molecular flexibility index (Phi) is 7.36. The fourth-order valence-electron chi connectivity index (χ4n) is 2.43. The molecule has 3 rings (SSSR count). The largest absolute Gasteiger partial charge is 0.497 e. The second kappa shape index (κ2) is 9.95. The van der Waals surface area contributed by atoms with Crippen molar-refractivity contribution in [3.63, 3.8) is 0 Å². The van der Waals surface area contributed by atoms with Crippen molar-refractivity contribution in [2.45, 2.75) is 16.5 Å². The quantitative estimate of drug-likeness (QED) is 0.439. The Labute approximate surface area is 180 Å². The monoisotopic (exact) mass is 478 g/mol. The van der Waals surface area contributed by atoms with Gasteiger partial charge in [0.25, 0.3) is 0 Å². The highest BCUT2D eigenvalue weighted by Gasteiger charge is 2.12. The molecule has 0 aliphatic carbocycles. The van der Waals surface area contributed by atoms with E-state index < -0.39 is 0 Å². The van der Waals surface area contributed by atoms with E-state index in [1.54, 1.807) is 55.5 Å². The minimum atomic E-state index is -0.152. The van der Waals surface area contributed by atoms with E-state index in [0.717, 1.165) is 20.3 Å². The summed E-state index contributed by atoms with van der Waals surface area (Å²) in [6.07, 6.45) is 0.204. The summed E-state index contributed by atoms with van der Waals surface area (Å²) < 4.78 is 12.5. The number of halogens is 1. The first-order valence-electron chi connectivity index (χ1n) is 8.41.